The molecule has 0 amide bonds. The van der Waals surface area contributed by atoms with Crippen molar-refractivity contribution in [3.8, 4) is 0 Å². The van der Waals surface area contributed by atoms with E-state index < -0.39 is 0 Å². The molecule has 3 rings (SSSR count). The van der Waals surface area contributed by atoms with E-state index in [0.29, 0.717) is 5.41 Å². The van der Waals surface area contributed by atoms with Crippen molar-refractivity contribution in [2.75, 3.05) is 18.0 Å². The molecular formula is C14H21N3. The standard InChI is InChI=1S/C14H21N3/c1-4-5-11-7-15-10(2)16-13(11)17-8-12-6-14(12,3)9-17/h7,12H,4-6,8-9H2,1-3H3. The van der Waals surface area contributed by atoms with Crippen molar-refractivity contribution in [2.45, 2.75) is 40.0 Å². The van der Waals surface area contributed by atoms with E-state index >= 15 is 0 Å². The maximum absolute atomic E-state index is 4.67. The van der Waals surface area contributed by atoms with Crippen LogP contribution < -0.4 is 4.90 Å². The number of rotatable bonds is 3. The van der Waals surface area contributed by atoms with Gasteiger partial charge in [0.15, 0.2) is 0 Å². The van der Waals surface area contributed by atoms with Crippen molar-refractivity contribution in [3.05, 3.63) is 17.6 Å². The Morgan fingerprint density at radius 2 is 2.35 bits per heavy atom. The van der Waals surface area contributed by atoms with Crippen LogP contribution in [0.1, 0.15) is 38.1 Å². The Morgan fingerprint density at radius 3 is 3.00 bits per heavy atom. The Bertz CT molecular complexity index is 443. The first-order chi connectivity index (χ1) is 8.12. The van der Waals surface area contributed by atoms with Crippen LogP contribution in [-0.2, 0) is 6.42 Å². The van der Waals surface area contributed by atoms with E-state index in [9.17, 15) is 0 Å². The summed E-state index contributed by atoms with van der Waals surface area (Å²) in [6.45, 7) is 8.99. The number of aryl methyl sites for hydroxylation is 2. The van der Waals surface area contributed by atoms with Crippen LogP contribution in [0.15, 0.2) is 6.20 Å². The molecule has 2 fully saturated rings. The number of hydrogen-bond acceptors (Lipinski definition) is 3. The van der Waals surface area contributed by atoms with Gasteiger partial charge in [-0.25, -0.2) is 9.97 Å². The first-order valence-electron chi connectivity index (χ1n) is 6.70. The fourth-order valence-electron chi connectivity index (χ4n) is 3.11. The molecule has 1 aromatic rings. The number of nitrogens with zero attached hydrogens (tertiary/aromatic N) is 3. The van der Waals surface area contributed by atoms with Gasteiger partial charge in [0.2, 0.25) is 0 Å². The molecule has 0 spiro atoms. The zero-order valence-electron chi connectivity index (χ0n) is 11.0. The van der Waals surface area contributed by atoms with E-state index in [4.69, 9.17) is 0 Å². The Hall–Kier alpha value is -1.12. The van der Waals surface area contributed by atoms with Crippen LogP contribution in [0.4, 0.5) is 5.82 Å². The van der Waals surface area contributed by atoms with Gasteiger partial charge in [0, 0.05) is 24.8 Å². The summed E-state index contributed by atoms with van der Waals surface area (Å²) < 4.78 is 0. The lowest BCUT2D eigenvalue weighted by molar-refractivity contribution is 0.594. The molecule has 0 aromatic carbocycles. The summed E-state index contributed by atoms with van der Waals surface area (Å²) in [5.41, 5.74) is 1.91. The van der Waals surface area contributed by atoms with Crippen molar-refractivity contribution in [1.82, 2.24) is 9.97 Å². The molecule has 0 radical (unpaired) electrons. The number of piperidine rings is 1. The van der Waals surface area contributed by atoms with Crippen molar-refractivity contribution in [2.24, 2.45) is 11.3 Å². The monoisotopic (exact) mass is 231 g/mol. The largest absolute Gasteiger partial charge is 0.355 e. The smallest absolute Gasteiger partial charge is 0.135 e. The van der Waals surface area contributed by atoms with Gasteiger partial charge in [-0.1, -0.05) is 20.3 Å². The third kappa shape index (κ3) is 1.81. The molecule has 3 heteroatoms. The minimum absolute atomic E-state index is 0.586. The van der Waals surface area contributed by atoms with Gasteiger partial charge in [0.1, 0.15) is 11.6 Å². The third-order valence-electron chi connectivity index (χ3n) is 4.31. The maximum atomic E-state index is 4.67. The minimum atomic E-state index is 0.586. The van der Waals surface area contributed by atoms with Gasteiger partial charge in [-0.05, 0) is 31.1 Å². The highest BCUT2D eigenvalue weighted by Gasteiger charge is 2.56. The molecule has 1 saturated carbocycles. The van der Waals surface area contributed by atoms with Gasteiger partial charge in [0.05, 0.1) is 0 Å². The van der Waals surface area contributed by atoms with Gasteiger partial charge < -0.3 is 4.90 Å². The van der Waals surface area contributed by atoms with E-state index in [1.54, 1.807) is 0 Å². The van der Waals surface area contributed by atoms with E-state index in [1.165, 1.54) is 30.9 Å². The van der Waals surface area contributed by atoms with Crippen molar-refractivity contribution < 1.29 is 0 Å². The van der Waals surface area contributed by atoms with Crippen LogP contribution in [0.5, 0.6) is 0 Å². The summed E-state index contributed by atoms with van der Waals surface area (Å²) in [7, 11) is 0. The van der Waals surface area contributed by atoms with E-state index in [1.807, 2.05) is 13.1 Å². The van der Waals surface area contributed by atoms with Gasteiger partial charge in [0.25, 0.3) is 0 Å². The molecular weight excluding hydrogens is 210 g/mol. The van der Waals surface area contributed by atoms with Gasteiger partial charge in [-0.3, -0.25) is 0 Å². The summed E-state index contributed by atoms with van der Waals surface area (Å²) >= 11 is 0. The number of aromatic nitrogens is 2. The summed E-state index contributed by atoms with van der Waals surface area (Å²) in [5, 5.41) is 0. The predicted molar refractivity (Wildman–Crippen MR) is 69.2 cm³/mol. The quantitative estimate of drug-likeness (QED) is 0.800. The van der Waals surface area contributed by atoms with Crippen LogP contribution in [0.25, 0.3) is 0 Å². The minimum Gasteiger partial charge on any atom is -0.355 e. The highest BCUT2D eigenvalue weighted by atomic mass is 15.2. The Balaban J connectivity index is 1.88. The SMILES string of the molecule is CCCc1cnc(C)nc1N1CC2CC2(C)C1. The number of hydrogen-bond donors (Lipinski definition) is 0. The fraction of sp³-hybridized carbons (Fsp3) is 0.714. The van der Waals surface area contributed by atoms with Crippen LogP contribution in [-0.4, -0.2) is 23.1 Å². The summed E-state index contributed by atoms with van der Waals surface area (Å²) in [4.78, 5) is 11.5. The molecule has 92 valence electrons. The molecule has 2 aliphatic rings. The molecule has 1 saturated heterocycles. The summed E-state index contributed by atoms with van der Waals surface area (Å²) in [6, 6.07) is 0. The lowest BCUT2D eigenvalue weighted by Crippen LogP contribution is -2.26. The predicted octanol–water partition coefficient (Wildman–Crippen LogP) is 2.58. The maximum Gasteiger partial charge on any atom is 0.135 e. The average molecular weight is 231 g/mol. The van der Waals surface area contributed by atoms with Crippen LogP contribution >= 0.6 is 0 Å². The molecule has 0 bridgehead atoms. The van der Waals surface area contributed by atoms with E-state index in [-0.39, 0.29) is 0 Å². The van der Waals surface area contributed by atoms with Crippen molar-refractivity contribution in [3.63, 3.8) is 0 Å². The molecule has 2 atom stereocenters. The van der Waals surface area contributed by atoms with Crippen LogP contribution in [0, 0.1) is 18.3 Å². The second-order valence-corrected chi connectivity index (χ2v) is 5.95. The molecule has 2 heterocycles. The molecule has 3 nitrogen and oxygen atoms in total. The number of fused-ring (bicyclic) bond motifs is 1. The highest BCUT2D eigenvalue weighted by molar-refractivity contribution is 5.49. The molecule has 17 heavy (non-hydrogen) atoms. The van der Waals surface area contributed by atoms with E-state index in [0.717, 1.165) is 24.6 Å². The lowest BCUT2D eigenvalue weighted by Gasteiger charge is -2.23. The third-order valence-corrected chi connectivity index (χ3v) is 4.31. The molecule has 2 unspecified atom stereocenters. The second kappa shape index (κ2) is 3.69. The first kappa shape index (κ1) is 11.0. The average Bonchev–Trinajstić information content (AvgIpc) is 2.80. The summed E-state index contributed by atoms with van der Waals surface area (Å²) in [5.74, 6) is 3.01. The number of anilines is 1. The van der Waals surface area contributed by atoms with Crippen LogP contribution in [0.3, 0.4) is 0 Å². The first-order valence-corrected chi connectivity index (χ1v) is 6.70. The van der Waals surface area contributed by atoms with Crippen molar-refractivity contribution in [1.29, 1.82) is 0 Å². The Labute approximate surface area is 103 Å². The van der Waals surface area contributed by atoms with Gasteiger partial charge >= 0.3 is 0 Å². The fourth-order valence-corrected chi connectivity index (χ4v) is 3.11. The molecule has 1 aliphatic heterocycles. The highest BCUT2D eigenvalue weighted by Crippen LogP contribution is 2.57. The van der Waals surface area contributed by atoms with Gasteiger partial charge in [-0.2, -0.15) is 0 Å². The molecule has 0 N–H and O–H groups in total. The normalized spacial score (nSPS) is 30.5. The molecule has 1 aliphatic carbocycles. The van der Waals surface area contributed by atoms with Crippen LogP contribution in [0.2, 0.25) is 0 Å². The Kier molecular flexibility index (Phi) is 2.39. The zero-order chi connectivity index (χ0) is 12.0. The Morgan fingerprint density at radius 1 is 1.53 bits per heavy atom. The zero-order valence-corrected chi connectivity index (χ0v) is 11.0. The van der Waals surface area contributed by atoms with E-state index in [2.05, 4.69) is 28.7 Å². The van der Waals surface area contributed by atoms with Crippen molar-refractivity contribution >= 4 is 5.82 Å². The molecule has 1 aromatic heterocycles. The van der Waals surface area contributed by atoms with Gasteiger partial charge in [-0.15, -0.1) is 0 Å². The summed E-state index contributed by atoms with van der Waals surface area (Å²) in [6.07, 6.45) is 5.69. The lowest BCUT2D eigenvalue weighted by atomic mass is 10.1. The second-order valence-electron chi connectivity index (χ2n) is 5.95. The topological polar surface area (TPSA) is 29.0 Å².